The Morgan fingerprint density at radius 1 is 1.26 bits per heavy atom. The van der Waals surface area contributed by atoms with Crippen molar-refractivity contribution in [1.82, 2.24) is 5.32 Å². The van der Waals surface area contributed by atoms with E-state index >= 15 is 0 Å². The number of rotatable bonds is 6. The number of halogens is 2. The molecule has 0 atom stereocenters. The van der Waals surface area contributed by atoms with Gasteiger partial charge >= 0.3 is 5.97 Å². The van der Waals surface area contributed by atoms with Crippen molar-refractivity contribution in [3.8, 4) is 5.75 Å². The number of nitrogens with one attached hydrogen (secondary N) is 1. The molecule has 1 saturated carbocycles. The molecule has 0 heterocycles. The molecule has 1 fully saturated rings. The lowest BCUT2D eigenvalue weighted by molar-refractivity contribution is -0.153. The molecule has 5 nitrogen and oxygen atoms in total. The van der Waals surface area contributed by atoms with E-state index in [-0.39, 0.29) is 12.4 Å². The third-order valence-corrected chi connectivity index (χ3v) is 3.75. The predicted octanol–water partition coefficient (Wildman–Crippen LogP) is 2.34. The first kappa shape index (κ1) is 17.2. The van der Waals surface area contributed by atoms with Crippen molar-refractivity contribution in [3.05, 3.63) is 29.8 Å². The van der Waals surface area contributed by atoms with E-state index in [0.717, 1.165) is 25.0 Å². The van der Waals surface area contributed by atoms with Crippen molar-refractivity contribution < 1.29 is 27.8 Å². The summed E-state index contributed by atoms with van der Waals surface area (Å²) in [6.07, 6.45) is 2.63. The van der Waals surface area contributed by atoms with Crippen LogP contribution in [0.25, 0.3) is 0 Å². The highest BCUT2D eigenvalue weighted by atomic mass is 19.1. The van der Waals surface area contributed by atoms with Crippen molar-refractivity contribution in [2.24, 2.45) is 0 Å². The SMILES string of the molecule is CCOC(=O)C1(NC(=O)COc2ccc(F)cc2F)CCCC1. The molecule has 1 aliphatic carbocycles. The zero-order valence-electron chi connectivity index (χ0n) is 12.9. The molecule has 0 aliphatic heterocycles. The highest BCUT2D eigenvalue weighted by Crippen LogP contribution is 2.31. The van der Waals surface area contributed by atoms with Gasteiger partial charge in [-0.05, 0) is 31.9 Å². The molecular formula is C16H19F2NO4. The molecule has 1 N–H and O–H groups in total. The van der Waals surface area contributed by atoms with Gasteiger partial charge in [-0.2, -0.15) is 0 Å². The van der Waals surface area contributed by atoms with Crippen molar-refractivity contribution in [2.75, 3.05) is 13.2 Å². The first-order valence-electron chi connectivity index (χ1n) is 7.53. The van der Waals surface area contributed by atoms with E-state index in [2.05, 4.69) is 5.32 Å². The number of esters is 1. The summed E-state index contributed by atoms with van der Waals surface area (Å²) in [4.78, 5) is 24.1. The standard InChI is InChI=1S/C16H19F2NO4/c1-2-22-15(21)16(7-3-4-8-16)19-14(20)10-23-13-6-5-11(17)9-12(13)18/h5-6,9H,2-4,7-8,10H2,1H3,(H,19,20). The normalized spacial score (nSPS) is 16.0. The average Bonchev–Trinajstić information content (AvgIpc) is 2.96. The second kappa shape index (κ2) is 7.39. The van der Waals surface area contributed by atoms with Gasteiger partial charge in [0.25, 0.3) is 5.91 Å². The number of amides is 1. The van der Waals surface area contributed by atoms with E-state index in [1.54, 1.807) is 6.92 Å². The van der Waals surface area contributed by atoms with Crippen LogP contribution in [0.2, 0.25) is 0 Å². The van der Waals surface area contributed by atoms with Crippen molar-refractivity contribution >= 4 is 11.9 Å². The van der Waals surface area contributed by atoms with Gasteiger partial charge in [-0.3, -0.25) is 4.79 Å². The maximum Gasteiger partial charge on any atom is 0.331 e. The van der Waals surface area contributed by atoms with Crippen molar-refractivity contribution in [3.63, 3.8) is 0 Å². The van der Waals surface area contributed by atoms with E-state index in [9.17, 15) is 18.4 Å². The molecule has 1 aliphatic rings. The molecule has 1 amide bonds. The Kier molecular flexibility index (Phi) is 5.52. The fraction of sp³-hybridized carbons (Fsp3) is 0.500. The number of benzene rings is 1. The monoisotopic (exact) mass is 327 g/mol. The van der Waals surface area contributed by atoms with Crippen LogP contribution in [0.1, 0.15) is 32.6 Å². The zero-order chi connectivity index (χ0) is 16.9. The summed E-state index contributed by atoms with van der Waals surface area (Å²) in [5.74, 6) is -2.86. The van der Waals surface area contributed by atoms with E-state index in [1.807, 2.05) is 0 Å². The largest absolute Gasteiger partial charge is 0.481 e. The fourth-order valence-corrected chi connectivity index (χ4v) is 2.67. The highest BCUT2D eigenvalue weighted by Gasteiger charge is 2.43. The van der Waals surface area contributed by atoms with Crippen LogP contribution in [0.4, 0.5) is 8.78 Å². The van der Waals surface area contributed by atoms with E-state index in [0.29, 0.717) is 18.9 Å². The summed E-state index contributed by atoms with van der Waals surface area (Å²) in [7, 11) is 0. The van der Waals surface area contributed by atoms with Gasteiger partial charge in [-0.25, -0.2) is 13.6 Å². The lowest BCUT2D eigenvalue weighted by Gasteiger charge is -2.27. The Morgan fingerprint density at radius 3 is 2.57 bits per heavy atom. The Hall–Kier alpha value is -2.18. The Labute approximate surface area is 133 Å². The molecule has 0 bridgehead atoms. The van der Waals surface area contributed by atoms with Gasteiger partial charge < -0.3 is 14.8 Å². The third kappa shape index (κ3) is 4.18. The molecule has 23 heavy (non-hydrogen) atoms. The molecule has 2 rings (SSSR count). The minimum atomic E-state index is -1.03. The van der Waals surface area contributed by atoms with Gasteiger partial charge in [0.05, 0.1) is 6.61 Å². The molecule has 0 saturated heterocycles. The topological polar surface area (TPSA) is 64.6 Å². The minimum absolute atomic E-state index is 0.224. The Morgan fingerprint density at radius 2 is 1.96 bits per heavy atom. The first-order chi connectivity index (χ1) is 11.0. The highest BCUT2D eigenvalue weighted by molar-refractivity contribution is 5.89. The molecule has 1 aromatic rings. The van der Waals surface area contributed by atoms with Crippen LogP contribution >= 0.6 is 0 Å². The lowest BCUT2D eigenvalue weighted by Crippen LogP contribution is -2.54. The summed E-state index contributed by atoms with van der Waals surface area (Å²) in [5.41, 5.74) is -1.03. The Bertz CT molecular complexity index is 585. The molecule has 7 heteroatoms. The quantitative estimate of drug-likeness (QED) is 0.815. The number of carbonyl (C=O) groups excluding carboxylic acids is 2. The van der Waals surface area contributed by atoms with Gasteiger partial charge in [0.15, 0.2) is 18.2 Å². The average molecular weight is 327 g/mol. The summed E-state index contributed by atoms with van der Waals surface area (Å²) in [5, 5.41) is 2.64. The number of ether oxygens (including phenoxy) is 2. The maximum absolute atomic E-state index is 13.4. The molecule has 0 aromatic heterocycles. The van der Waals surface area contributed by atoms with Gasteiger partial charge in [0.1, 0.15) is 11.4 Å². The number of hydrogen-bond acceptors (Lipinski definition) is 4. The zero-order valence-corrected chi connectivity index (χ0v) is 12.9. The molecule has 1 aromatic carbocycles. The van der Waals surface area contributed by atoms with E-state index in [4.69, 9.17) is 9.47 Å². The van der Waals surface area contributed by atoms with Gasteiger partial charge in [0.2, 0.25) is 0 Å². The second-order valence-electron chi connectivity index (χ2n) is 5.42. The van der Waals surface area contributed by atoms with Crippen LogP contribution in [0, 0.1) is 11.6 Å². The van der Waals surface area contributed by atoms with E-state index < -0.39 is 35.7 Å². The van der Waals surface area contributed by atoms with E-state index in [1.165, 1.54) is 0 Å². The second-order valence-corrected chi connectivity index (χ2v) is 5.42. The van der Waals surface area contributed by atoms with Gasteiger partial charge in [-0.15, -0.1) is 0 Å². The maximum atomic E-state index is 13.4. The van der Waals surface area contributed by atoms with Crippen molar-refractivity contribution in [1.29, 1.82) is 0 Å². The Balaban J connectivity index is 1.96. The van der Waals surface area contributed by atoms with Gasteiger partial charge in [0, 0.05) is 6.07 Å². The number of hydrogen-bond donors (Lipinski definition) is 1. The molecule has 126 valence electrons. The third-order valence-electron chi connectivity index (χ3n) is 3.75. The predicted molar refractivity (Wildman–Crippen MR) is 77.8 cm³/mol. The van der Waals surface area contributed by atoms with Crippen LogP contribution in [0.15, 0.2) is 18.2 Å². The molecule has 0 spiro atoms. The van der Waals surface area contributed by atoms with Crippen LogP contribution in [0.5, 0.6) is 5.75 Å². The minimum Gasteiger partial charge on any atom is -0.481 e. The summed E-state index contributed by atoms with van der Waals surface area (Å²) >= 11 is 0. The van der Waals surface area contributed by atoms with Gasteiger partial charge in [-0.1, -0.05) is 12.8 Å². The fourth-order valence-electron chi connectivity index (χ4n) is 2.67. The first-order valence-corrected chi connectivity index (χ1v) is 7.53. The van der Waals surface area contributed by atoms with Crippen LogP contribution in [0.3, 0.4) is 0 Å². The molecular weight excluding hydrogens is 308 g/mol. The summed E-state index contributed by atoms with van der Waals surface area (Å²) in [6, 6.07) is 2.81. The summed E-state index contributed by atoms with van der Waals surface area (Å²) < 4.78 is 36.3. The van der Waals surface area contributed by atoms with Crippen molar-refractivity contribution in [2.45, 2.75) is 38.1 Å². The lowest BCUT2D eigenvalue weighted by atomic mass is 9.98. The number of carbonyl (C=O) groups is 2. The smallest absolute Gasteiger partial charge is 0.331 e. The van der Waals surface area contributed by atoms with Crippen LogP contribution in [-0.4, -0.2) is 30.6 Å². The molecule has 0 unspecified atom stereocenters. The van der Waals surface area contributed by atoms with Crippen LogP contribution in [-0.2, 0) is 14.3 Å². The summed E-state index contributed by atoms with van der Waals surface area (Å²) in [6.45, 7) is 1.46. The van der Waals surface area contributed by atoms with Crippen LogP contribution < -0.4 is 10.1 Å². The molecule has 0 radical (unpaired) electrons.